The van der Waals surface area contributed by atoms with Gasteiger partial charge < -0.3 is 14.9 Å². The molecule has 0 unspecified atom stereocenters. The van der Waals surface area contributed by atoms with Crippen LogP contribution >= 0.6 is 0 Å². The van der Waals surface area contributed by atoms with Crippen molar-refractivity contribution in [1.29, 1.82) is 0 Å². The molecule has 2 bridgehead atoms. The molecule has 0 aromatic heterocycles. The lowest BCUT2D eigenvalue weighted by Crippen LogP contribution is -2.63. The van der Waals surface area contributed by atoms with Crippen molar-refractivity contribution in [3.05, 3.63) is 12.7 Å². The lowest BCUT2D eigenvalue weighted by molar-refractivity contribution is -0.207. The van der Waals surface area contributed by atoms with Gasteiger partial charge in [0.15, 0.2) is 0 Å². The molecule has 3 N–H and O–H groups in total. The minimum atomic E-state index is -3.67. The highest BCUT2D eigenvalue weighted by Gasteiger charge is 2.68. The number of ketones is 1. The van der Waals surface area contributed by atoms with Gasteiger partial charge in [-0.05, 0) is 42.9 Å². The van der Waals surface area contributed by atoms with Crippen LogP contribution in [-0.2, 0) is 24.4 Å². The first-order chi connectivity index (χ1) is 14.6. The molecule has 0 radical (unpaired) electrons. The first-order valence-electron chi connectivity index (χ1n) is 11.1. The van der Waals surface area contributed by atoms with Crippen LogP contribution in [0.15, 0.2) is 12.7 Å². The second kappa shape index (κ2) is 9.16. The fourth-order valence-corrected chi connectivity index (χ4v) is 6.70. The highest BCUT2D eigenvalue weighted by Crippen LogP contribution is 2.67. The molecular weight excluding hydrogens is 436 g/mol. The highest BCUT2D eigenvalue weighted by atomic mass is 32.2. The van der Waals surface area contributed by atoms with Crippen LogP contribution in [0.2, 0.25) is 0 Å². The summed E-state index contributed by atoms with van der Waals surface area (Å²) in [5, 5.41) is 20.6. The molecular formula is C23H38O8S. The highest BCUT2D eigenvalue weighted by molar-refractivity contribution is 7.85. The molecule has 0 spiro atoms. The normalized spacial score (nSPS) is 43.8. The van der Waals surface area contributed by atoms with Crippen molar-refractivity contribution in [3.63, 3.8) is 0 Å². The van der Waals surface area contributed by atoms with Gasteiger partial charge in [0.2, 0.25) is 0 Å². The van der Waals surface area contributed by atoms with Gasteiger partial charge >= 0.3 is 5.97 Å². The smallest absolute Gasteiger partial charge is 0.332 e. The standard InChI is InChI=1S/C22H34O5.CH4O3S/c1-6-20(4)11-16(27-17(25)12-23)21(5)13(2)7-9-22(14(3)19(20)26)10-8-15(24)18(21)22;1-5(2,3)4/h6,13-14,16,18-19,23,26H,1,7-12H2,2-5H3;1H3,(H,2,3,4)/t13-,14+,16-,18-,19+,20-,21+,22+;/m1./s1. The summed E-state index contributed by atoms with van der Waals surface area (Å²) in [6.45, 7) is 11.5. The van der Waals surface area contributed by atoms with Gasteiger partial charge in [-0.25, -0.2) is 4.79 Å². The SMILES string of the molecule is C=C[C@]1(C)C[C@@H](OC(=O)CO)[C@]2(C)[C@H](C)CC[C@]3(CCC(=O)[C@@H]32)[C@@H](C)[C@@H]1O.CS(=O)(=O)O. The zero-order chi connectivity index (χ0) is 24.7. The summed E-state index contributed by atoms with van der Waals surface area (Å²) in [6, 6.07) is 0. The molecule has 0 saturated heterocycles. The van der Waals surface area contributed by atoms with Crippen LogP contribution in [0.3, 0.4) is 0 Å². The molecule has 0 aliphatic heterocycles. The average molecular weight is 475 g/mol. The third-order valence-corrected chi connectivity index (χ3v) is 8.70. The second-order valence-electron chi connectivity index (χ2n) is 10.5. The summed E-state index contributed by atoms with van der Waals surface area (Å²) in [5.41, 5.74) is -1.43. The Kier molecular flexibility index (Phi) is 7.72. The number of carbonyl (C=O) groups is 2. The Balaban J connectivity index is 0.000000654. The molecule has 3 aliphatic rings. The van der Waals surface area contributed by atoms with Crippen molar-refractivity contribution in [2.24, 2.45) is 34.0 Å². The predicted octanol–water partition coefficient (Wildman–Crippen LogP) is 2.39. The van der Waals surface area contributed by atoms with E-state index in [1.807, 2.05) is 6.92 Å². The minimum absolute atomic E-state index is 0.0433. The molecule has 9 heteroatoms. The third kappa shape index (κ3) is 4.67. The molecule has 3 rings (SSSR count). The van der Waals surface area contributed by atoms with Crippen LogP contribution in [0.4, 0.5) is 0 Å². The molecule has 0 heterocycles. The molecule has 184 valence electrons. The van der Waals surface area contributed by atoms with Crippen LogP contribution in [-0.4, -0.2) is 60.0 Å². The zero-order valence-electron chi connectivity index (χ0n) is 19.7. The Labute approximate surface area is 191 Å². The van der Waals surface area contributed by atoms with E-state index in [2.05, 4.69) is 27.4 Å². The van der Waals surface area contributed by atoms with Gasteiger partial charge in [0.05, 0.1) is 12.4 Å². The number of aliphatic hydroxyl groups is 2. The van der Waals surface area contributed by atoms with E-state index in [4.69, 9.17) is 9.29 Å². The zero-order valence-corrected chi connectivity index (χ0v) is 20.5. The van der Waals surface area contributed by atoms with Crippen molar-refractivity contribution in [3.8, 4) is 0 Å². The molecule has 0 aromatic carbocycles. The Morgan fingerprint density at radius 3 is 2.34 bits per heavy atom. The quantitative estimate of drug-likeness (QED) is 0.322. The van der Waals surface area contributed by atoms with Gasteiger partial charge in [-0.15, -0.1) is 6.58 Å². The molecule has 3 saturated carbocycles. The van der Waals surface area contributed by atoms with Gasteiger partial charge in [0.25, 0.3) is 10.1 Å². The van der Waals surface area contributed by atoms with E-state index in [0.717, 1.165) is 19.3 Å². The number of Topliss-reactive ketones (excluding diaryl/α,β-unsaturated/α-hetero) is 1. The maximum atomic E-state index is 13.1. The van der Waals surface area contributed by atoms with Crippen molar-refractivity contribution in [2.75, 3.05) is 12.9 Å². The fourth-order valence-electron chi connectivity index (χ4n) is 6.70. The first-order valence-corrected chi connectivity index (χ1v) is 13.0. The van der Waals surface area contributed by atoms with Crippen molar-refractivity contribution >= 4 is 21.9 Å². The Morgan fingerprint density at radius 1 is 1.28 bits per heavy atom. The van der Waals surface area contributed by atoms with Gasteiger partial charge in [0.1, 0.15) is 18.5 Å². The third-order valence-electron chi connectivity index (χ3n) is 8.70. The van der Waals surface area contributed by atoms with Crippen molar-refractivity contribution in [2.45, 2.75) is 72.0 Å². The largest absolute Gasteiger partial charge is 0.460 e. The summed E-state index contributed by atoms with van der Waals surface area (Å²) in [6.07, 6.45) is 4.82. The number of hydrogen-bond acceptors (Lipinski definition) is 7. The van der Waals surface area contributed by atoms with Crippen LogP contribution in [0.25, 0.3) is 0 Å². The Bertz CT molecular complexity index is 846. The van der Waals surface area contributed by atoms with Crippen LogP contribution < -0.4 is 0 Å². The van der Waals surface area contributed by atoms with E-state index in [1.165, 1.54) is 0 Å². The van der Waals surface area contributed by atoms with Crippen LogP contribution in [0.5, 0.6) is 0 Å². The molecule has 3 fully saturated rings. The fraction of sp³-hybridized carbons (Fsp3) is 0.826. The van der Waals surface area contributed by atoms with E-state index in [1.54, 1.807) is 6.08 Å². The molecule has 0 aromatic rings. The van der Waals surface area contributed by atoms with E-state index in [-0.39, 0.29) is 29.0 Å². The van der Waals surface area contributed by atoms with Crippen LogP contribution in [0.1, 0.15) is 59.8 Å². The molecule has 8 atom stereocenters. The predicted molar refractivity (Wildman–Crippen MR) is 119 cm³/mol. The van der Waals surface area contributed by atoms with E-state index >= 15 is 0 Å². The molecule has 8 nitrogen and oxygen atoms in total. The van der Waals surface area contributed by atoms with Gasteiger partial charge in [-0.1, -0.05) is 33.8 Å². The summed E-state index contributed by atoms with van der Waals surface area (Å²) >= 11 is 0. The first kappa shape index (κ1) is 27.0. The summed E-state index contributed by atoms with van der Waals surface area (Å²) in [4.78, 5) is 25.2. The number of hydrogen-bond donors (Lipinski definition) is 3. The topological polar surface area (TPSA) is 138 Å². The van der Waals surface area contributed by atoms with Crippen LogP contribution in [0, 0.1) is 34.0 Å². The van der Waals surface area contributed by atoms with Crippen molar-refractivity contribution < 1.29 is 37.5 Å². The summed E-state index contributed by atoms with van der Waals surface area (Å²) in [7, 11) is -3.67. The number of aliphatic hydroxyl groups excluding tert-OH is 2. The molecule has 0 amide bonds. The monoisotopic (exact) mass is 474 g/mol. The Morgan fingerprint density at radius 2 is 1.84 bits per heavy atom. The van der Waals surface area contributed by atoms with Gasteiger partial charge in [0, 0.05) is 23.2 Å². The lowest BCUT2D eigenvalue weighted by Gasteiger charge is -2.61. The number of carbonyl (C=O) groups excluding carboxylic acids is 2. The number of rotatable bonds is 3. The van der Waals surface area contributed by atoms with Gasteiger partial charge in [-0.3, -0.25) is 9.35 Å². The maximum absolute atomic E-state index is 13.1. The molecule has 32 heavy (non-hydrogen) atoms. The van der Waals surface area contributed by atoms with E-state index in [9.17, 15) is 28.2 Å². The summed E-state index contributed by atoms with van der Waals surface area (Å²) in [5.74, 6) is -0.520. The number of esters is 1. The average Bonchev–Trinajstić information content (AvgIpc) is 3.05. The maximum Gasteiger partial charge on any atom is 0.332 e. The van der Waals surface area contributed by atoms with E-state index in [0.29, 0.717) is 19.1 Å². The minimum Gasteiger partial charge on any atom is -0.460 e. The van der Waals surface area contributed by atoms with Gasteiger partial charge in [-0.2, -0.15) is 8.42 Å². The molecule has 3 aliphatic carbocycles. The summed E-state index contributed by atoms with van der Waals surface area (Å²) < 4.78 is 31.6. The number of ether oxygens (including phenoxy) is 1. The second-order valence-corrected chi connectivity index (χ2v) is 11.9. The Hall–Kier alpha value is -1.29. The van der Waals surface area contributed by atoms with Crippen molar-refractivity contribution in [1.82, 2.24) is 0 Å². The lowest BCUT2D eigenvalue weighted by atomic mass is 9.44. The van der Waals surface area contributed by atoms with E-state index < -0.39 is 45.7 Å².